The van der Waals surface area contributed by atoms with E-state index in [1.165, 1.54) is 0 Å². The number of benzene rings is 2. The van der Waals surface area contributed by atoms with E-state index < -0.39 is 5.97 Å². The molecule has 2 aromatic rings. The molecule has 0 heterocycles. The van der Waals surface area contributed by atoms with E-state index in [9.17, 15) is 14.7 Å². The van der Waals surface area contributed by atoms with Crippen LogP contribution in [0, 0.1) is 17.3 Å². The van der Waals surface area contributed by atoms with Gasteiger partial charge in [-0.15, -0.1) is 0 Å². The number of aromatic carboxylic acids is 1. The second kappa shape index (κ2) is 11.9. The second-order valence-corrected chi connectivity index (χ2v) is 12.6. The number of carbonyl (C=O) groups excluding carboxylic acids is 1. The third-order valence-electron chi connectivity index (χ3n) is 8.39. The zero-order valence-corrected chi connectivity index (χ0v) is 23.9. The smallest absolute Gasteiger partial charge is 0.335 e. The molecule has 2 atom stereocenters. The van der Waals surface area contributed by atoms with Gasteiger partial charge in [0.25, 0.3) is 0 Å². The quantitative estimate of drug-likeness (QED) is 0.334. The van der Waals surface area contributed by atoms with Gasteiger partial charge in [0.2, 0.25) is 0 Å². The van der Waals surface area contributed by atoms with Gasteiger partial charge < -0.3 is 5.11 Å². The Bertz CT molecular complexity index is 1120. The average molecular weight is 524 g/mol. The fraction of sp³-hybridized carbons (Fsp3) is 0.531. The molecule has 0 radical (unpaired) electrons. The Hall–Kier alpha value is -2.46. The van der Waals surface area contributed by atoms with Crippen molar-refractivity contribution in [3.8, 4) is 0 Å². The Morgan fingerprint density at radius 2 is 1.70 bits per heavy atom. The molecule has 200 valence electrons. The van der Waals surface area contributed by atoms with Gasteiger partial charge in [-0.1, -0.05) is 76.9 Å². The van der Waals surface area contributed by atoms with Crippen molar-refractivity contribution in [2.24, 2.45) is 22.2 Å². The summed E-state index contributed by atoms with van der Waals surface area (Å²) in [5, 5.41) is 9.82. The normalized spacial score (nSPS) is 22.4. The summed E-state index contributed by atoms with van der Waals surface area (Å²) in [6, 6.07) is 14.5. The topological polar surface area (TPSA) is 66.7 Å². The first-order valence-electron chi connectivity index (χ1n) is 13.5. The van der Waals surface area contributed by atoms with E-state index in [-0.39, 0.29) is 34.1 Å². The second-order valence-electron chi connectivity index (χ2n) is 12.1. The van der Waals surface area contributed by atoms with Crippen LogP contribution in [0.3, 0.4) is 0 Å². The summed E-state index contributed by atoms with van der Waals surface area (Å²) >= 11 is 6.33. The van der Waals surface area contributed by atoms with Gasteiger partial charge in [0.05, 0.1) is 11.1 Å². The number of carbonyl (C=O) groups is 2. The lowest BCUT2D eigenvalue weighted by Gasteiger charge is -2.40. The Kier molecular flexibility index (Phi) is 9.39. The minimum absolute atomic E-state index is 0.0438. The van der Waals surface area contributed by atoms with Gasteiger partial charge in [0, 0.05) is 17.0 Å². The lowest BCUT2D eigenvalue weighted by Crippen LogP contribution is -2.36. The van der Waals surface area contributed by atoms with E-state index in [0.717, 1.165) is 43.2 Å². The number of hydrogen-bond acceptors (Lipinski definition) is 3. The number of aliphatic imine (C=N–C) groups is 1. The van der Waals surface area contributed by atoms with Crippen molar-refractivity contribution in [3.05, 3.63) is 70.2 Å². The molecule has 0 saturated heterocycles. The average Bonchev–Trinajstić information content (AvgIpc) is 2.85. The van der Waals surface area contributed by atoms with Crippen molar-refractivity contribution >= 4 is 29.1 Å². The molecule has 0 spiro atoms. The predicted octanol–water partition coefficient (Wildman–Crippen LogP) is 8.61. The molecule has 37 heavy (non-hydrogen) atoms. The van der Waals surface area contributed by atoms with Crippen LogP contribution in [-0.4, -0.2) is 28.1 Å². The zero-order valence-electron chi connectivity index (χ0n) is 23.2. The summed E-state index contributed by atoms with van der Waals surface area (Å²) in [6.07, 6.45) is 5.37. The summed E-state index contributed by atoms with van der Waals surface area (Å²) in [5.41, 5.74) is 2.64. The SMILES string of the molecule is CCC(CC(=O)C(=NC1(C)CCC(C(C)(C)C)CC1)c1cccc(Cl)c1)C(C)c1ccc(C(=O)O)cc1. The molecule has 2 aromatic carbocycles. The first kappa shape index (κ1) is 29.1. The van der Waals surface area contributed by atoms with E-state index in [2.05, 4.69) is 41.5 Å². The number of ketones is 1. The maximum Gasteiger partial charge on any atom is 0.335 e. The number of halogens is 1. The van der Waals surface area contributed by atoms with Crippen LogP contribution in [0.1, 0.15) is 107 Å². The molecule has 0 aromatic heterocycles. The molecule has 0 aliphatic heterocycles. The number of rotatable bonds is 9. The van der Waals surface area contributed by atoms with Gasteiger partial charge in [-0.3, -0.25) is 9.79 Å². The molecule has 5 heteroatoms. The van der Waals surface area contributed by atoms with Crippen LogP contribution < -0.4 is 0 Å². The Morgan fingerprint density at radius 3 is 2.22 bits per heavy atom. The summed E-state index contributed by atoms with van der Waals surface area (Å²) < 4.78 is 0. The van der Waals surface area contributed by atoms with Crippen LogP contribution in [0.25, 0.3) is 0 Å². The van der Waals surface area contributed by atoms with E-state index >= 15 is 0 Å². The standard InChI is InChI=1S/C32H42ClNO3/c1-7-22(21(2)23-11-13-24(14-12-23)30(36)37)20-28(35)29(25-9-8-10-27(33)19-25)34-32(6)17-15-26(16-18-32)31(3,4)5/h8-14,19,21-22,26H,7,15-18,20H2,1-6H3,(H,36,37). The number of hydrogen-bond donors (Lipinski definition) is 1. The maximum atomic E-state index is 13.9. The zero-order chi connectivity index (χ0) is 27.4. The molecule has 0 amide bonds. The van der Waals surface area contributed by atoms with Gasteiger partial charge in [0.1, 0.15) is 5.71 Å². The number of carboxylic acids is 1. The number of nitrogens with zero attached hydrogens (tertiary/aromatic N) is 1. The summed E-state index contributed by atoms with van der Waals surface area (Å²) in [6.45, 7) is 13.3. The van der Waals surface area contributed by atoms with Crippen molar-refractivity contribution in [1.29, 1.82) is 0 Å². The molecule has 2 unspecified atom stereocenters. The molecular weight excluding hydrogens is 482 g/mol. The van der Waals surface area contributed by atoms with E-state index in [1.807, 2.05) is 36.4 Å². The molecule has 4 nitrogen and oxygen atoms in total. The van der Waals surface area contributed by atoms with Crippen LogP contribution in [0.4, 0.5) is 0 Å². The Labute approximate surface area is 227 Å². The minimum atomic E-state index is -0.936. The molecular formula is C32H42ClNO3. The van der Waals surface area contributed by atoms with Crippen molar-refractivity contribution in [2.75, 3.05) is 0 Å². The lowest BCUT2D eigenvalue weighted by molar-refractivity contribution is -0.114. The molecule has 0 bridgehead atoms. The van der Waals surface area contributed by atoms with Gasteiger partial charge in [-0.25, -0.2) is 4.79 Å². The van der Waals surface area contributed by atoms with E-state index in [4.69, 9.17) is 16.6 Å². The molecule has 1 aliphatic carbocycles. The third kappa shape index (κ3) is 7.54. The van der Waals surface area contributed by atoms with Crippen LogP contribution in [-0.2, 0) is 4.79 Å². The highest BCUT2D eigenvalue weighted by atomic mass is 35.5. The largest absolute Gasteiger partial charge is 0.478 e. The summed E-state index contributed by atoms with van der Waals surface area (Å²) in [7, 11) is 0. The van der Waals surface area contributed by atoms with Crippen molar-refractivity contribution in [3.63, 3.8) is 0 Å². The van der Waals surface area contributed by atoms with Gasteiger partial charge in [-0.05, 0) is 85.6 Å². The monoisotopic (exact) mass is 523 g/mol. The van der Waals surface area contributed by atoms with E-state index in [0.29, 0.717) is 23.1 Å². The first-order valence-corrected chi connectivity index (χ1v) is 13.9. The van der Waals surface area contributed by atoms with Crippen LogP contribution in [0.2, 0.25) is 5.02 Å². The lowest BCUT2D eigenvalue weighted by atomic mass is 9.68. The number of carboxylic acid groups (broad SMARTS) is 1. The van der Waals surface area contributed by atoms with E-state index in [1.54, 1.807) is 12.1 Å². The Balaban J connectivity index is 1.87. The minimum Gasteiger partial charge on any atom is -0.478 e. The predicted molar refractivity (Wildman–Crippen MR) is 153 cm³/mol. The highest BCUT2D eigenvalue weighted by Crippen LogP contribution is 2.43. The number of Topliss-reactive ketones (excluding diaryl/α,β-unsaturated/α-hetero) is 1. The van der Waals surface area contributed by atoms with Crippen molar-refractivity contribution < 1.29 is 14.7 Å². The van der Waals surface area contributed by atoms with Crippen LogP contribution in [0.5, 0.6) is 0 Å². The highest BCUT2D eigenvalue weighted by Gasteiger charge is 2.36. The maximum absolute atomic E-state index is 13.9. The Morgan fingerprint density at radius 1 is 1.08 bits per heavy atom. The molecule has 3 rings (SSSR count). The molecule has 1 fully saturated rings. The summed E-state index contributed by atoms with van der Waals surface area (Å²) in [5.74, 6) is -0.0118. The first-order chi connectivity index (χ1) is 17.3. The van der Waals surface area contributed by atoms with Crippen molar-refractivity contribution in [1.82, 2.24) is 0 Å². The van der Waals surface area contributed by atoms with Gasteiger partial charge in [-0.2, -0.15) is 0 Å². The molecule has 1 N–H and O–H groups in total. The van der Waals surface area contributed by atoms with Gasteiger partial charge in [0.15, 0.2) is 5.78 Å². The van der Waals surface area contributed by atoms with Crippen molar-refractivity contribution in [2.45, 2.75) is 91.5 Å². The van der Waals surface area contributed by atoms with Crippen LogP contribution in [0.15, 0.2) is 53.5 Å². The molecule has 1 saturated carbocycles. The molecule has 1 aliphatic rings. The fourth-order valence-corrected chi connectivity index (χ4v) is 5.81. The van der Waals surface area contributed by atoms with Crippen LogP contribution >= 0.6 is 11.6 Å². The van der Waals surface area contributed by atoms with Gasteiger partial charge >= 0.3 is 5.97 Å². The highest BCUT2D eigenvalue weighted by molar-refractivity contribution is 6.46. The third-order valence-corrected chi connectivity index (χ3v) is 8.63. The fourth-order valence-electron chi connectivity index (χ4n) is 5.62. The summed E-state index contributed by atoms with van der Waals surface area (Å²) in [4.78, 5) is 30.3.